The van der Waals surface area contributed by atoms with Gasteiger partial charge in [-0.1, -0.05) is 79.4 Å². The van der Waals surface area contributed by atoms with Crippen molar-refractivity contribution in [3.8, 4) is 80.1 Å². The number of phenols is 4. The van der Waals surface area contributed by atoms with Gasteiger partial charge in [-0.15, -0.1) is 0 Å². The van der Waals surface area contributed by atoms with Gasteiger partial charge in [0.1, 0.15) is 156 Å². The standard InChI is InChI=1S/C88H95Cl2N9O33/c1-3-4-5-6-7-8-9-10-60(108)94-68-74(113)71(110)58(32-101)129-87(68)132-78-55-26-40-27-56(78)126-52-18-14-38(24-47(52)90)77(131-86-67(92-34(2)103)73(112)70(109)57(31-100)128-86)69-84(121)98-66(85(122)123)45-29-42(105)30-54(127-88-76(115)75(114)72(111)59(33-102)130-88)61(45)44-23-37(13-15-49(44)106)63(81(118)99-69)96-83(120)65(40)97-82(119)64-39-21-41(104)28-43(22-39)124-53-25-36(12-16-50(53)107)62(91)80(117)93-48(79(116)95-64)20-35-11-17-51(125-55)46(89)19-35/h7-8,11-19,21-30,48,57-59,62-77,86-88,100-102,104-107,109-115H,3-6,9-10,20,31-33,91H2,1-2H3,(H,92,103)(H,93,117)(H,94,108)(H,95,116)(H,96,120)(H,97,119)(H,98,121)(H,99,118)(H,122,123)/b8-7-. The fraction of sp³-hybridized carbons (Fsp3) is 0.398. The maximum Gasteiger partial charge on any atom is 0.330 e. The molecule has 9 heterocycles. The van der Waals surface area contributed by atoms with E-state index >= 15 is 24.0 Å². The van der Waals surface area contributed by atoms with Gasteiger partial charge in [-0.05, 0) is 132 Å². The number of carbonyl (C=O) groups excluding carboxylic acids is 8. The Hall–Kier alpha value is -12.3. The third-order valence-corrected chi connectivity index (χ3v) is 23.7. The molecule has 0 spiro atoms. The average Bonchev–Trinajstić information content (AvgIpc) is 0.757. The molecule has 25 N–H and O–H groups in total. The number of allylic oxidation sites excluding steroid dienone is 2. The monoisotopic (exact) mass is 1880 g/mol. The van der Waals surface area contributed by atoms with E-state index in [-0.39, 0.29) is 46.2 Å². The Balaban J connectivity index is 1.04. The molecular formula is C88H95Cl2N9O33. The molecule has 0 aromatic heterocycles. The molecule has 0 radical (unpaired) electrons. The van der Waals surface area contributed by atoms with E-state index in [1.165, 1.54) is 30.3 Å². The van der Waals surface area contributed by atoms with Crippen LogP contribution in [0.15, 0.2) is 127 Å². The van der Waals surface area contributed by atoms with Crippen molar-refractivity contribution >= 4 is 76.4 Å². The molecule has 7 aromatic rings. The number of aliphatic carboxylic acids is 1. The largest absolute Gasteiger partial charge is 0.508 e. The van der Waals surface area contributed by atoms with Gasteiger partial charge < -0.3 is 167 Å². The number of benzene rings is 7. The second kappa shape index (κ2) is 40.8. The summed E-state index contributed by atoms with van der Waals surface area (Å²) in [4.78, 5) is 138. The van der Waals surface area contributed by atoms with Crippen molar-refractivity contribution in [2.75, 3.05) is 19.8 Å². The number of fused-ring (bicyclic) bond motifs is 14. The lowest BCUT2D eigenvalue weighted by Gasteiger charge is -2.44. The minimum atomic E-state index is -2.59. The Labute approximate surface area is 759 Å². The van der Waals surface area contributed by atoms with E-state index in [9.17, 15) is 95.8 Å². The van der Waals surface area contributed by atoms with Crippen LogP contribution in [0, 0.1) is 0 Å². The molecule has 7 aromatic carbocycles. The van der Waals surface area contributed by atoms with Crippen LogP contribution >= 0.6 is 23.2 Å². The number of nitrogens with one attached hydrogen (secondary N) is 8. The lowest BCUT2D eigenvalue weighted by atomic mass is 9.89. The highest BCUT2D eigenvalue weighted by atomic mass is 35.5. The van der Waals surface area contributed by atoms with E-state index in [2.05, 4.69) is 42.5 Å². The van der Waals surface area contributed by atoms with Crippen LogP contribution in [0.2, 0.25) is 10.0 Å². The highest BCUT2D eigenvalue weighted by molar-refractivity contribution is 6.32. The lowest BCUT2D eigenvalue weighted by Crippen LogP contribution is -2.65. The Morgan fingerprint density at radius 2 is 1.07 bits per heavy atom. The molecule has 23 atom stereocenters. The molecule has 17 bridgehead atoms. The summed E-state index contributed by atoms with van der Waals surface area (Å²) >= 11 is 14.7. The number of rotatable bonds is 19. The van der Waals surface area contributed by atoms with Gasteiger partial charge in [0.05, 0.1) is 29.9 Å². The number of amides is 8. The van der Waals surface area contributed by atoms with E-state index in [1.54, 1.807) is 6.08 Å². The Morgan fingerprint density at radius 1 is 0.508 bits per heavy atom. The number of phenolic OH excluding ortho intramolecular Hbond substituents is 4. The fourth-order valence-corrected chi connectivity index (χ4v) is 16.7. The number of nitrogens with two attached hydrogens (primary N) is 1. The topological polar surface area (TPSA) is 662 Å². The number of hydrogen-bond acceptors (Lipinski definition) is 33. The van der Waals surface area contributed by atoms with Crippen molar-refractivity contribution in [2.45, 2.75) is 199 Å². The second-order valence-corrected chi connectivity index (χ2v) is 33.2. The molecule has 0 saturated carbocycles. The molecule has 8 amide bonds. The van der Waals surface area contributed by atoms with Crippen LogP contribution in [-0.4, -0.2) is 254 Å². The Kier molecular flexibility index (Phi) is 29.6. The smallest absolute Gasteiger partial charge is 0.330 e. The Morgan fingerprint density at radius 3 is 1.70 bits per heavy atom. The summed E-state index contributed by atoms with van der Waals surface area (Å²) in [7, 11) is 0. The van der Waals surface area contributed by atoms with E-state index in [4.69, 9.17) is 71.6 Å². The van der Waals surface area contributed by atoms with E-state index in [1.807, 2.05) is 13.0 Å². The molecule has 132 heavy (non-hydrogen) atoms. The summed E-state index contributed by atoms with van der Waals surface area (Å²) in [5.41, 5.74) is 2.76. The maximum absolute atomic E-state index is 17.0. The number of aromatic hydroxyl groups is 4. The predicted molar refractivity (Wildman–Crippen MR) is 453 cm³/mol. The highest BCUT2D eigenvalue weighted by Gasteiger charge is 2.52. The van der Waals surface area contributed by atoms with E-state index < -0.39 is 316 Å². The van der Waals surface area contributed by atoms with Crippen LogP contribution in [0.5, 0.6) is 69.0 Å². The summed E-state index contributed by atoms with van der Waals surface area (Å²) in [6.45, 7) is -0.149. The number of unbranched alkanes of at least 4 members (excludes halogenated alkanes) is 3. The first kappa shape index (κ1) is 95.8. The van der Waals surface area contributed by atoms with Gasteiger partial charge in [0.15, 0.2) is 35.3 Å². The number of carboxylic acid groups (broad SMARTS) is 1. The first-order valence-corrected chi connectivity index (χ1v) is 42.5. The van der Waals surface area contributed by atoms with E-state index in [0.717, 1.165) is 111 Å². The molecule has 16 rings (SSSR count). The molecule has 23 unspecified atom stereocenters. The van der Waals surface area contributed by atoms with Crippen molar-refractivity contribution in [3.05, 3.63) is 176 Å². The molecule has 704 valence electrons. The minimum absolute atomic E-state index is 0.0251. The molecule has 3 fully saturated rings. The number of carboxylic acids is 1. The number of aliphatic hydroxyl groups is 10. The predicted octanol–water partition coefficient (Wildman–Crippen LogP) is 0.940. The molecular weight excluding hydrogens is 1780 g/mol. The quantitative estimate of drug-likeness (QED) is 0.0396. The van der Waals surface area contributed by atoms with Gasteiger partial charge in [-0.2, -0.15) is 0 Å². The van der Waals surface area contributed by atoms with Crippen LogP contribution in [0.1, 0.15) is 128 Å². The molecule has 9 aliphatic heterocycles. The third-order valence-electron chi connectivity index (χ3n) is 23.1. The van der Waals surface area contributed by atoms with Gasteiger partial charge in [0.25, 0.3) is 0 Å². The van der Waals surface area contributed by atoms with Gasteiger partial charge >= 0.3 is 5.97 Å². The van der Waals surface area contributed by atoms with Gasteiger partial charge in [0.2, 0.25) is 65.6 Å². The zero-order valence-corrected chi connectivity index (χ0v) is 71.4. The summed E-state index contributed by atoms with van der Waals surface area (Å²) in [6, 6.07) is 0.558. The van der Waals surface area contributed by atoms with Crippen LogP contribution in [0.3, 0.4) is 0 Å². The lowest BCUT2D eigenvalue weighted by molar-refractivity contribution is -0.284. The summed E-state index contributed by atoms with van der Waals surface area (Å²) in [5.74, 6) is -19.7. The number of halogens is 2. The number of carbonyl (C=O) groups is 9. The molecule has 0 aliphatic carbocycles. The van der Waals surface area contributed by atoms with Crippen molar-refractivity contribution in [2.24, 2.45) is 5.73 Å². The zero-order valence-electron chi connectivity index (χ0n) is 69.9. The van der Waals surface area contributed by atoms with E-state index in [0.29, 0.717) is 6.42 Å². The number of hydrogen-bond donors (Lipinski definition) is 24. The summed E-state index contributed by atoms with van der Waals surface area (Å²) in [6.07, 6.45) is -22.2. The molecule has 3 saturated heterocycles. The van der Waals surface area contributed by atoms with Crippen LogP contribution in [0.4, 0.5) is 0 Å². The third kappa shape index (κ3) is 20.6. The molecule has 9 aliphatic rings. The number of ether oxygens (including phenoxy) is 9. The van der Waals surface area contributed by atoms with Gasteiger partial charge in [-0.25, -0.2) is 4.79 Å². The second-order valence-electron chi connectivity index (χ2n) is 32.3. The fourth-order valence-electron chi connectivity index (χ4n) is 16.2. The van der Waals surface area contributed by atoms with Gasteiger partial charge in [0, 0.05) is 48.6 Å². The van der Waals surface area contributed by atoms with Crippen molar-refractivity contribution in [3.63, 3.8) is 0 Å². The van der Waals surface area contributed by atoms with Gasteiger partial charge in [-0.3, -0.25) is 38.4 Å². The van der Waals surface area contributed by atoms with Crippen molar-refractivity contribution in [1.82, 2.24) is 42.5 Å². The Bertz CT molecular complexity index is 5600. The average molecular weight is 1880 g/mol. The highest BCUT2D eigenvalue weighted by Crippen LogP contribution is 2.51. The maximum atomic E-state index is 17.0. The van der Waals surface area contributed by atoms with Crippen LogP contribution < -0.4 is 72.0 Å². The van der Waals surface area contributed by atoms with Crippen molar-refractivity contribution in [1.29, 1.82) is 0 Å². The molecule has 44 heteroatoms. The first-order chi connectivity index (χ1) is 63.0. The molecule has 42 nitrogen and oxygen atoms in total. The van der Waals surface area contributed by atoms with Crippen LogP contribution in [-0.2, 0) is 68.5 Å². The summed E-state index contributed by atoms with van der Waals surface area (Å²) < 4.78 is 57.4. The normalized spacial score (nSPS) is 28.9. The van der Waals surface area contributed by atoms with Crippen molar-refractivity contribution < 1.29 is 162 Å². The summed E-state index contributed by atoms with van der Waals surface area (Å²) in [5, 5.41) is 190. The SMILES string of the molecule is CCCCC/C=C\CCC(=O)NC1C(Oc2c3cc4cc2Oc2ccc(cc2Cl)C(OC2OC(CO)C(O)C(O)C2NC(C)=O)C2NC(=O)C(NC(=O)C4NC(=O)C4NC(=O)C(Cc5ccc(c(Cl)c5)O3)NC(=O)C(N)c3ccc(O)c(c3)Oc3cc(O)cc4c3)c3ccc(O)c(c3)-c3c(OC4OC(CO)C(O)C(O)C4O)cc(O)cc3C(C(=O)O)NC2=O)OC(CO)C(O)C1O. The van der Waals surface area contributed by atoms with Crippen LogP contribution in [0.25, 0.3) is 11.1 Å². The minimum Gasteiger partial charge on any atom is -0.508 e. The number of aliphatic hydroxyl groups excluding tert-OH is 10. The zero-order chi connectivity index (χ0) is 94.7. The first-order valence-electron chi connectivity index (χ1n) is 41.7.